The van der Waals surface area contributed by atoms with E-state index < -0.39 is 15.9 Å². The number of amides is 1. The maximum Gasteiger partial charge on any atom is 0.300 e. The van der Waals surface area contributed by atoms with Crippen LogP contribution in [0.25, 0.3) is 22.1 Å². The molecule has 1 amide bonds. The molecule has 1 heterocycles. The first kappa shape index (κ1) is 17.8. The summed E-state index contributed by atoms with van der Waals surface area (Å²) in [5, 5.41) is 0.654. The van der Waals surface area contributed by atoms with Crippen LogP contribution in [0.3, 0.4) is 0 Å². The van der Waals surface area contributed by atoms with Crippen molar-refractivity contribution in [1.82, 2.24) is 4.72 Å². The second-order valence-corrected chi connectivity index (χ2v) is 7.86. The Kier molecular flexibility index (Phi) is 4.37. The Bertz CT molecular complexity index is 1280. The molecule has 4 rings (SSSR count). The van der Waals surface area contributed by atoms with Crippen LogP contribution >= 0.6 is 0 Å². The molecule has 0 radical (unpaired) electrons. The zero-order chi connectivity index (χ0) is 19.7. The first-order valence-electron chi connectivity index (χ1n) is 8.45. The van der Waals surface area contributed by atoms with E-state index in [0.29, 0.717) is 22.2 Å². The van der Waals surface area contributed by atoms with Gasteiger partial charge in [-0.05, 0) is 29.8 Å². The predicted molar refractivity (Wildman–Crippen MR) is 107 cm³/mol. The van der Waals surface area contributed by atoms with E-state index >= 15 is 0 Å². The van der Waals surface area contributed by atoms with Crippen molar-refractivity contribution in [3.05, 3.63) is 84.6 Å². The van der Waals surface area contributed by atoms with Crippen LogP contribution in [-0.2, 0) is 10.0 Å². The molecule has 0 aliphatic heterocycles. The Morgan fingerprint density at radius 3 is 2.39 bits per heavy atom. The number of anilines is 1. The molecule has 0 saturated heterocycles. The Labute approximate surface area is 161 Å². The number of sulfonamides is 1. The summed E-state index contributed by atoms with van der Waals surface area (Å²) in [5.74, 6) is -0.959. The van der Waals surface area contributed by atoms with Gasteiger partial charge in [0.25, 0.3) is 10.0 Å². The first-order valence-corrected chi connectivity index (χ1v) is 9.93. The van der Waals surface area contributed by atoms with E-state index in [4.69, 9.17) is 10.2 Å². The molecule has 3 N–H and O–H groups in total. The fourth-order valence-corrected chi connectivity index (χ4v) is 4.13. The van der Waals surface area contributed by atoms with Crippen molar-refractivity contribution >= 4 is 32.6 Å². The summed E-state index contributed by atoms with van der Waals surface area (Å²) in [7, 11) is -4.12. The van der Waals surface area contributed by atoms with Gasteiger partial charge >= 0.3 is 5.91 Å². The highest BCUT2D eigenvalue weighted by atomic mass is 32.2. The van der Waals surface area contributed by atoms with Gasteiger partial charge in [0, 0.05) is 22.7 Å². The molecular weight excluding hydrogens is 376 g/mol. The second kappa shape index (κ2) is 6.86. The Morgan fingerprint density at radius 1 is 0.893 bits per heavy atom. The van der Waals surface area contributed by atoms with E-state index in [1.165, 1.54) is 12.1 Å². The van der Waals surface area contributed by atoms with Crippen LogP contribution < -0.4 is 10.5 Å². The third-order valence-corrected chi connectivity index (χ3v) is 5.65. The van der Waals surface area contributed by atoms with Gasteiger partial charge in [0.2, 0.25) is 0 Å². The van der Waals surface area contributed by atoms with Crippen molar-refractivity contribution in [2.45, 2.75) is 4.90 Å². The third kappa shape index (κ3) is 3.35. The number of furan rings is 1. The summed E-state index contributed by atoms with van der Waals surface area (Å²) in [5.41, 5.74) is 7.83. The fraction of sp³-hybridized carbons (Fsp3) is 0. The number of carbonyl (C=O) groups is 1. The van der Waals surface area contributed by atoms with Crippen molar-refractivity contribution in [1.29, 1.82) is 0 Å². The SMILES string of the molecule is Nc1ccc2cc(C(=O)NS(=O)(=O)c3ccccc3-c3ccccc3)oc2c1. The summed E-state index contributed by atoms with van der Waals surface area (Å²) >= 11 is 0. The standard InChI is InChI=1S/C21H16N2O4S/c22-16-11-10-15-12-19(27-18(15)13-16)21(24)23-28(25,26)20-9-5-4-8-17(20)14-6-2-1-3-7-14/h1-13H,22H2,(H,23,24). The fourth-order valence-electron chi connectivity index (χ4n) is 2.94. The number of hydrogen-bond acceptors (Lipinski definition) is 5. The summed E-state index contributed by atoms with van der Waals surface area (Å²) in [6.45, 7) is 0. The summed E-state index contributed by atoms with van der Waals surface area (Å²) in [4.78, 5) is 12.5. The molecule has 3 aromatic carbocycles. The van der Waals surface area contributed by atoms with E-state index in [1.54, 1.807) is 48.5 Å². The van der Waals surface area contributed by atoms with Gasteiger partial charge in [-0.1, -0.05) is 48.5 Å². The molecule has 6 nitrogen and oxygen atoms in total. The highest BCUT2D eigenvalue weighted by molar-refractivity contribution is 7.90. The number of fused-ring (bicyclic) bond motifs is 1. The maximum atomic E-state index is 12.9. The minimum atomic E-state index is -4.12. The number of carbonyl (C=O) groups excluding carboxylic acids is 1. The topological polar surface area (TPSA) is 102 Å². The summed E-state index contributed by atoms with van der Waals surface area (Å²) in [6, 6.07) is 22.0. The predicted octanol–water partition coefficient (Wildman–Crippen LogP) is 3.80. The van der Waals surface area contributed by atoms with Crippen LogP contribution in [0.2, 0.25) is 0 Å². The normalized spacial score (nSPS) is 11.4. The molecule has 0 bridgehead atoms. The minimum Gasteiger partial charge on any atom is -0.451 e. The highest BCUT2D eigenvalue weighted by Gasteiger charge is 2.24. The number of benzene rings is 3. The minimum absolute atomic E-state index is 0.00917. The molecule has 0 aliphatic rings. The molecule has 0 unspecified atom stereocenters. The average molecular weight is 392 g/mol. The van der Waals surface area contributed by atoms with Crippen LogP contribution in [0, 0.1) is 0 Å². The molecule has 0 atom stereocenters. The average Bonchev–Trinajstić information content (AvgIpc) is 3.12. The smallest absolute Gasteiger partial charge is 0.300 e. The van der Waals surface area contributed by atoms with Gasteiger partial charge in [-0.2, -0.15) is 0 Å². The summed E-state index contributed by atoms with van der Waals surface area (Å²) < 4.78 is 33.3. The largest absolute Gasteiger partial charge is 0.451 e. The van der Waals surface area contributed by atoms with E-state index in [2.05, 4.69) is 4.72 Å². The zero-order valence-corrected chi connectivity index (χ0v) is 15.4. The number of hydrogen-bond donors (Lipinski definition) is 2. The van der Waals surface area contributed by atoms with Crippen LogP contribution in [0.15, 0.2) is 88.2 Å². The van der Waals surface area contributed by atoms with Gasteiger partial charge in [-0.25, -0.2) is 13.1 Å². The Hall–Kier alpha value is -3.58. The second-order valence-electron chi connectivity index (χ2n) is 6.20. The van der Waals surface area contributed by atoms with Crippen molar-refractivity contribution in [2.24, 2.45) is 0 Å². The van der Waals surface area contributed by atoms with E-state index in [1.807, 2.05) is 18.2 Å². The molecule has 0 aliphatic carbocycles. The van der Waals surface area contributed by atoms with E-state index in [0.717, 1.165) is 5.56 Å². The van der Waals surface area contributed by atoms with Gasteiger partial charge < -0.3 is 10.2 Å². The van der Waals surface area contributed by atoms with Gasteiger partial charge in [-0.15, -0.1) is 0 Å². The number of nitrogen functional groups attached to an aromatic ring is 1. The molecule has 140 valence electrons. The van der Waals surface area contributed by atoms with Crippen LogP contribution in [0.4, 0.5) is 5.69 Å². The molecule has 7 heteroatoms. The van der Waals surface area contributed by atoms with Crippen LogP contribution in [0.1, 0.15) is 10.6 Å². The monoisotopic (exact) mass is 392 g/mol. The lowest BCUT2D eigenvalue weighted by Crippen LogP contribution is -2.30. The highest BCUT2D eigenvalue weighted by Crippen LogP contribution is 2.27. The molecule has 0 fully saturated rings. The summed E-state index contributed by atoms with van der Waals surface area (Å²) in [6.07, 6.45) is 0. The Morgan fingerprint density at radius 2 is 1.61 bits per heavy atom. The van der Waals surface area contributed by atoms with Crippen LogP contribution in [0.5, 0.6) is 0 Å². The number of nitrogens with two attached hydrogens (primary N) is 1. The van der Waals surface area contributed by atoms with Gasteiger partial charge in [-0.3, -0.25) is 4.79 Å². The quantitative estimate of drug-likeness (QED) is 0.514. The van der Waals surface area contributed by atoms with Gasteiger partial charge in [0.1, 0.15) is 5.58 Å². The lowest BCUT2D eigenvalue weighted by atomic mass is 10.1. The number of rotatable bonds is 4. The number of nitrogens with one attached hydrogen (secondary N) is 1. The van der Waals surface area contributed by atoms with E-state index in [9.17, 15) is 13.2 Å². The third-order valence-electron chi connectivity index (χ3n) is 4.26. The Balaban J connectivity index is 1.68. The lowest BCUT2D eigenvalue weighted by molar-refractivity contribution is 0.0956. The zero-order valence-electron chi connectivity index (χ0n) is 14.6. The lowest BCUT2D eigenvalue weighted by Gasteiger charge is -2.11. The first-order chi connectivity index (χ1) is 13.4. The van der Waals surface area contributed by atoms with Crippen molar-refractivity contribution in [3.63, 3.8) is 0 Å². The molecule has 4 aromatic rings. The molecular formula is C21H16N2O4S. The van der Waals surface area contributed by atoms with Gasteiger partial charge in [0.15, 0.2) is 5.76 Å². The van der Waals surface area contributed by atoms with Crippen molar-refractivity contribution in [3.8, 4) is 11.1 Å². The van der Waals surface area contributed by atoms with Crippen molar-refractivity contribution < 1.29 is 17.6 Å². The van der Waals surface area contributed by atoms with Gasteiger partial charge in [0.05, 0.1) is 4.90 Å². The van der Waals surface area contributed by atoms with E-state index in [-0.39, 0.29) is 10.7 Å². The van der Waals surface area contributed by atoms with Crippen LogP contribution in [-0.4, -0.2) is 14.3 Å². The van der Waals surface area contributed by atoms with Crippen molar-refractivity contribution in [2.75, 3.05) is 5.73 Å². The molecule has 1 aromatic heterocycles. The maximum absolute atomic E-state index is 12.9. The molecule has 0 spiro atoms. The molecule has 0 saturated carbocycles. The molecule has 28 heavy (non-hydrogen) atoms.